The Balaban J connectivity index is 1.48. The minimum atomic E-state index is -1.28. The highest BCUT2D eigenvalue weighted by atomic mass is 16.5. The topological polar surface area (TPSA) is 163 Å². The normalized spacial score (nSPS) is 13.7. The van der Waals surface area contributed by atoms with Gasteiger partial charge < -0.3 is 31.1 Å². The fourth-order valence-electron chi connectivity index (χ4n) is 6.86. The van der Waals surface area contributed by atoms with Gasteiger partial charge in [0.2, 0.25) is 17.7 Å². The maximum Gasteiger partial charge on any atom is 0.408 e. The summed E-state index contributed by atoms with van der Waals surface area (Å²) in [6.07, 6.45) is -1.45. The van der Waals surface area contributed by atoms with Gasteiger partial charge in [-0.05, 0) is 59.8 Å². The Bertz CT molecular complexity index is 1890. The van der Waals surface area contributed by atoms with Crippen LogP contribution in [0.4, 0.5) is 4.79 Å². The number of alkyl carbamates (subject to hydrolysis) is 1. The molecule has 0 spiro atoms. The molecule has 1 unspecified atom stereocenters. The number of carbonyl (C=O) groups excluding carboxylic acids is 5. The molecule has 0 saturated heterocycles. The zero-order chi connectivity index (χ0) is 42.6. The van der Waals surface area contributed by atoms with Crippen molar-refractivity contribution in [2.24, 2.45) is 17.8 Å². The highest BCUT2D eigenvalue weighted by molar-refractivity contribution is 5.92. The molecule has 0 saturated carbocycles. The third kappa shape index (κ3) is 16.9. The number of aliphatic hydroxyl groups excluding tert-OH is 1. The second-order valence-electron chi connectivity index (χ2n) is 16.0. The van der Waals surface area contributed by atoms with Crippen LogP contribution in [0.25, 0.3) is 0 Å². The lowest BCUT2D eigenvalue weighted by atomic mass is 9.88. The molecule has 0 aliphatic carbocycles. The van der Waals surface area contributed by atoms with Crippen LogP contribution in [-0.2, 0) is 49.9 Å². The number of ether oxygens (including phenoxy) is 1. The molecule has 11 heteroatoms. The van der Waals surface area contributed by atoms with Crippen molar-refractivity contribution in [3.05, 3.63) is 144 Å². The predicted molar refractivity (Wildman–Crippen MR) is 229 cm³/mol. The van der Waals surface area contributed by atoms with Gasteiger partial charge in [-0.3, -0.25) is 19.2 Å². The summed E-state index contributed by atoms with van der Waals surface area (Å²) in [6.45, 7) is 8.15. The molecule has 0 heterocycles. The van der Waals surface area contributed by atoms with Gasteiger partial charge >= 0.3 is 6.09 Å². The molecule has 0 aliphatic rings. The Morgan fingerprint density at radius 3 is 1.61 bits per heavy atom. The van der Waals surface area contributed by atoms with E-state index in [1.54, 1.807) is 0 Å². The summed E-state index contributed by atoms with van der Waals surface area (Å²) in [6, 6.07) is 34.7. The Kier molecular flexibility index (Phi) is 18.8. The van der Waals surface area contributed by atoms with E-state index in [1.165, 1.54) is 0 Å². The number of hydrogen-bond donors (Lipinski definition) is 5. The van der Waals surface area contributed by atoms with Crippen molar-refractivity contribution in [1.29, 1.82) is 0 Å². The summed E-state index contributed by atoms with van der Waals surface area (Å²) >= 11 is 0. The maximum absolute atomic E-state index is 14.3. The summed E-state index contributed by atoms with van der Waals surface area (Å²) in [5.74, 6) is -2.40. The number of benzene rings is 4. The van der Waals surface area contributed by atoms with Crippen LogP contribution in [0.5, 0.6) is 0 Å². The van der Waals surface area contributed by atoms with E-state index in [2.05, 4.69) is 21.3 Å². The molecule has 4 rings (SSSR count). The van der Waals surface area contributed by atoms with Gasteiger partial charge in [-0.1, -0.05) is 149 Å². The second kappa shape index (κ2) is 24.2. The van der Waals surface area contributed by atoms with Crippen molar-refractivity contribution >= 4 is 29.6 Å². The van der Waals surface area contributed by atoms with Crippen LogP contribution >= 0.6 is 0 Å². The smallest absolute Gasteiger partial charge is 0.408 e. The minimum absolute atomic E-state index is 0.0232. The van der Waals surface area contributed by atoms with Gasteiger partial charge in [0.05, 0.1) is 24.6 Å². The lowest BCUT2D eigenvalue weighted by Crippen LogP contribution is -2.51. The SMILES string of the molecule is CC(C)C[C@H](NC(=O)CC(O)[C@H](CC(C)C)NC(=O)[C@@H](CC(=O)[C@H](Cc1ccccc1)NC(=O)OCc1ccccc1)Cc1ccccc1)C(=O)NCc1ccccc1. The third-order valence-electron chi connectivity index (χ3n) is 9.90. The summed E-state index contributed by atoms with van der Waals surface area (Å²) in [5, 5.41) is 22.9. The van der Waals surface area contributed by atoms with E-state index in [9.17, 15) is 29.1 Å². The highest BCUT2D eigenvalue weighted by Gasteiger charge is 2.33. The second-order valence-corrected chi connectivity index (χ2v) is 16.0. The van der Waals surface area contributed by atoms with E-state index in [4.69, 9.17) is 4.74 Å². The number of hydrogen-bond acceptors (Lipinski definition) is 7. The number of ketones is 1. The van der Waals surface area contributed by atoms with E-state index < -0.39 is 48.1 Å². The molecule has 4 aromatic carbocycles. The molecule has 4 amide bonds. The van der Waals surface area contributed by atoms with Gasteiger partial charge in [-0.15, -0.1) is 0 Å². The number of rotatable bonds is 23. The highest BCUT2D eigenvalue weighted by Crippen LogP contribution is 2.19. The monoisotopic (exact) mass is 804 g/mol. The van der Waals surface area contributed by atoms with Gasteiger partial charge in [0.25, 0.3) is 0 Å². The Labute approximate surface area is 348 Å². The average Bonchev–Trinajstić information content (AvgIpc) is 3.22. The molecule has 59 heavy (non-hydrogen) atoms. The quantitative estimate of drug-likeness (QED) is 0.0574. The summed E-state index contributed by atoms with van der Waals surface area (Å²) in [5.41, 5.74) is 3.37. The Morgan fingerprint density at radius 1 is 0.559 bits per heavy atom. The van der Waals surface area contributed by atoms with Crippen molar-refractivity contribution in [2.45, 2.75) is 104 Å². The first-order valence-corrected chi connectivity index (χ1v) is 20.5. The van der Waals surface area contributed by atoms with E-state index >= 15 is 0 Å². The molecule has 0 aromatic heterocycles. The summed E-state index contributed by atoms with van der Waals surface area (Å²) in [4.78, 5) is 68.1. The first kappa shape index (κ1) is 45.9. The molecule has 0 fully saturated rings. The van der Waals surface area contributed by atoms with Crippen LogP contribution in [0.15, 0.2) is 121 Å². The van der Waals surface area contributed by atoms with Crippen molar-refractivity contribution in [3.8, 4) is 0 Å². The first-order chi connectivity index (χ1) is 28.4. The zero-order valence-corrected chi connectivity index (χ0v) is 34.6. The summed E-state index contributed by atoms with van der Waals surface area (Å²) < 4.78 is 5.46. The van der Waals surface area contributed by atoms with Gasteiger partial charge in [-0.25, -0.2) is 4.79 Å². The molecular formula is C48H60N4O7. The lowest BCUT2D eigenvalue weighted by Gasteiger charge is -2.29. The van der Waals surface area contributed by atoms with Gasteiger partial charge in [0.15, 0.2) is 5.78 Å². The van der Waals surface area contributed by atoms with Crippen LogP contribution in [0.1, 0.15) is 75.6 Å². The number of aliphatic hydroxyl groups is 1. The van der Waals surface area contributed by atoms with Crippen LogP contribution in [0.2, 0.25) is 0 Å². The molecule has 314 valence electrons. The molecule has 4 aromatic rings. The largest absolute Gasteiger partial charge is 0.445 e. The van der Waals surface area contributed by atoms with Gasteiger partial charge in [0, 0.05) is 18.9 Å². The number of carbonyl (C=O) groups is 5. The lowest BCUT2D eigenvalue weighted by molar-refractivity contribution is -0.132. The van der Waals surface area contributed by atoms with Crippen LogP contribution < -0.4 is 21.3 Å². The standard InChI is InChI=1S/C48H60N4O7/c1-33(2)25-40(44(54)30-45(55)50-42(26-34(3)4)47(57)49-31-37-21-13-7-14-22-37)51-46(56)39(27-35-17-9-5-10-18-35)29-43(53)41(28-36-19-11-6-12-20-36)52-48(58)59-32-38-23-15-8-16-24-38/h5-24,33-34,39-42,44,54H,25-32H2,1-4H3,(H,49,57)(H,50,55)(H,51,56)(H,52,58)/t39-,40+,41+,42+,44?/m1/s1. The average molecular weight is 805 g/mol. The maximum atomic E-state index is 14.3. The zero-order valence-electron chi connectivity index (χ0n) is 34.6. The molecule has 0 radical (unpaired) electrons. The van der Waals surface area contributed by atoms with Crippen LogP contribution in [0, 0.1) is 17.8 Å². The molecular weight excluding hydrogens is 745 g/mol. The number of Topliss-reactive ketones (excluding diaryl/α,β-unsaturated/α-hetero) is 1. The van der Waals surface area contributed by atoms with Gasteiger partial charge in [-0.2, -0.15) is 0 Å². The van der Waals surface area contributed by atoms with E-state index in [0.29, 0.717) is 19.4 Å². The minimum Gasteiger partial charge on any atom is -0.445 e. The van der Waals surface area contributed by atoms with Crippen molar-refractivity contribution < 1.29 is 33.8 Å². The third-order valence-corrected chi connectivity index (χ3v) is 9.90. The van der Waals surface area contributed by atoms with Crippen molar-refractivity contribution in [2.75, 3.05) is 0 Å². The Morgan fingerprint density at radius 2 is 1.07 bits per heavy atom. The van der Waals surface area contributed by atoms with E-state index in [0.717, 1.165) is 22.3 Å². The van der Waals surface area contributed by atoms with Crippen molar-refractivity contribution in [3.63, 3.8) is 0 Å². The fraction of sp³-hybridized carbons (Fsp3) is 0.396. The molecule has 0 bridgehead atoms. The predicted octanol–water partition coefficient (Wildman–Crippen LogP) is 6.47. The van der Waals surface area contributed by atoms with E-state index in [1.807, 2.05) is 149 Å². The first-order valence-electron chi connectivity index (χ1n) is 20.5. The fourth-order valence-corrected chi connectivity index (χ4v) is 6.86. The summed E-state index contributed by atoms with van der Waals surface area (Å²) in [7, 11) is 0. The van der Waals surface area contributed by atoms with Gasteiger partial charge in [0.1, 0.15) is 12.6 Å². The molecule has 5 atom stereocenters. The van der Waals surface area contributed by atoms with Crippen LogP contribution in [0.3, 0.4) is 0 Å². The number of amides is 4. The van der Waals surface area contributed by atoms with E-state index in [-0.39, 0.29) is 55.8 Å². The Hall–Kier alpha value is -5.81. The molecule has 11 nitrogen and oxygen atoms in total. The van der Waals surface area contributed by atoms with Crippen LogP contribution in [-0.4, -0.2) is 58.9 Å². The molecule has 5 N–H and O–H groups in total. The number of nitrogens with one attached hydrogen (secondary N) is 4. The molecule has 0 aliphatic heterocycles. The van der Waals surface area contributed by atoms with Crippen molar-refractivity contribution in [1.82, 2.24) is 21.3 Å².